The normalized spacial score (nSPS) is 10.4. The van der Waals surface area contributed by atoms with Crippen molar-refractivity contribution in [2.24, 2.45) is 0 Å². The van der Waals surface area contributed by atoms with Crippen molar-refractivity contribution in [1.29, 1.82) is 0 Å². The summed E-state index contributed by atoms with van der Waals surface area (Å²) in [5.41, 5.74) is 0. The van der Waals surface area contributed by atoms with Crippen molar-refractivity contribution in [2.75, 3.05) is 12.5 Å². The molecule has 0 N–H and O–H groups in total. The second-order valence-electron chi connectivity index (χ2n) is 1.58. The molecule has 0 spiro atoms. The fourth-order valence-corrected chi connectivity index (χ4v) is 1.88. The summed E-state index contributed by atoms with van der Waals surface area (Å²) < 4.78 is 9.54. The van der Waals surface area contributed by atoms with Crippen molar-refractivity contribution in [3.05, 3.63) is 4.47 Å². The Morgan fingerprint density at radius 3 is 3.09 bits per heavy atom. The van der Waals surface area contributed by atoms with Crippen molar-refractivity contribution in [3.8, 4) is 0 Å². The predicted molar refractivity (Wildman–Crippen MR) is 47.3 cm³/mol. The molecule has 0 aliphatic heterocycles. The number of thioether (sulfide) groups is 1. The Bertz CT molecular complexity index is 218. The maximum absolute atomic E-state index is 5.56. The minimum absolute atomic E-state index is 0.476. The van der Waals surface area contributed by atoms with Crippen LogP contribution >= 0.6 is 34.9 Å². The van der Waals surface area contributed by atoms with Crippen molar-refractivity contribution < 1.29 is 4.74 Å². The number of hydrogen-bond donors (Lipinski definition) is 0. The van der Waals surface area contributed by atoms with Crippen LogP contribution in [0, 0.1) is 0 Å². The van der Waals surface area contributed by atoms with E-state index in [0.29, 0.717) is 22.2 Å². The van der Waals surface area contributed by atoms with Crippen LogP contribution < -0.4 is 0 Å². The molecule has 0 aliphatic rings. The van der Waals surface area contributed by atoms with Gasteiger partial charge < -0.3 is 4.74 Å². The molecule has 0 atom stereocenters. The molecule has 1 aromatic heterocycles. The molecule has 0 saturated carbocycles. The molecule has 1 aromatic rings. The molecule has 62 valence electrons. The average molecular weight is 211 g/mol. The van der Waals surface area contributed by atoms with Crippen LogP contribution in [0.15, 0.2) is 5.16 Å². The van der Waals surface area contributed by atoms with E-state index in [0.717, 1.165) is 0 Å². The molecule has 0 amide bonds. The van der Waals surface area contributed by atoms with E-state index in [1.54, 1.807) is 0 Å². The fraction of sp³-hybridized carbons (Fsp3) is 0.600. The highest BCUT2D eigenvalue weighted by Crippen LogP contribution is 2.19. The van der Waals surface area contributed by atoms with E-state index in [4.69, 9.17) is 16.3 Å². The Labute approximate surface area is 78.3 Å². The number of halogens is 1. The van der Waals surface area contributed by atoms with Gasteiger partial charge in [-0.1, -0.05) is 11.8 Å². The number of aromatic nitrogens is 2. The van der Waals surface area contributed by atoms with Gasteiger partial charge in [-0.25, -0.2) is 0 Å². The first kappa shape index (κ1) is 9.25. The Kier molecular flexibility index (Phi) is 4.14. The van der Waals surface area contributed by atoms with Gasteiger partial charge >= 0.3 is 0 Å². The van der Waals surface area contributed by atoms with Gasteiger partial charge in [0, 0.05) is 6.61 Å². The molecule has 0 aromatic carbocycles. The van der Waals surface area contributed by atoms with Gasteiger partial charge in [-0.2, -0.15) is 9.36 Å². The van der Waals surface area contributed by atoms with Crippen molar-refractivity contribution in [2.45, 2.75) is 12.1 Å². The van der Waals surface area contributed by atoms with Gasteiger partial charge in [0.15, 0.2) is 0 Å². The van der Waals surface area contributed by atoms with E-state index in [1.807, 2.05) is 6.92 Å². The zero-order chi connectivity index (χ0) is 8.10. The topological polar surface area (TPSA) is 35.0 Å². The maximum atomic E-state index is 5.56. The van der Waals surface area contributed by atoms with Gasteiger partial charge in [0.1, 0.15) is 0 Å². The lowest BCUT2D eigenvalue weighted by Gasteiger charge is -1.94. The summed E-state index contributed by atoms with van der Waals surface area (Å²) in [5.74, 6) is 0.587. The van der Waals surface area contributed by atoms with E-state index in [9.17, 15) is 0 Å². The predicted octanol–water partition coefficient (Wildman–Crippen LogP) is 2.28. The minimum atomic E-state index is 0.476. The van der Waals surface area contributed by atoms with Crippen LogP contribution in [0.4, 0.5) is 0 Å². The highest BCUT2D eigenvalue weighted by Gasteiger charge is 2.00. The van der Waals surface area contributed by atoms with Crippen molar-refractivity contribution >= 4 is 34.9 Å². The Morgan fingerprint density at radius 1 is 1.73 bits per heavy atom. The first-order chi connectivity index (χ1) is 5.33. The summed E-state index contributed by atoms with van der Waals surface area (Å²) >= 11 is 8.20. The first-order valence-corrected chi connectivity index (χ1v) is 5.16. The lowest BCUT2D eigenvalue weighted by atomic mass is 10.9. The lowest BCUT2D eigenvalue weighted by Crippen LogP contribution is -1.88. The smallest absolute Gasteiger partial charge is 0.204 e. The zero-order valence-electron chi connectivity index (χ0n) is 5.91. The van der Waals surface area contributed by atoms with Gasteiger partial charge in [-0.15, -0.1) is 0 Å². The number of nitrogens with zero attached hydrogens (tertiary/aromatic N) is 2. The molecule has 1 heterocycles. The van der Waals surface area contributed by atoms with Gasteiger partial charge in [0.2, 0.25) is 9.62 Å². The molecule has 1 rings (SSSR count). The van der Waals surface area contributed by atoms with E-state index >= 15 is 0 Å². The van der Waals surface area contributed by atoms with Gasteiger partial charge in [-0.05, 0) is 30.1 Å². The monoisotopic (exact) mass is 210 g/mol. The van der Waals surface area contributed by atoms with E-state index in [2.05, 4.69) is 9.36 Å². The zero-order valence-corrected chi connectivity index (χ0v) is 8.30. The summed E-state index contributed by atoms with van der Waals surface area (Å²) in [5, 5.41) is 0.688. The lowest BCUT2D eigenvalue weighted by molar-refractivity contribution is 0.199. The third-order valence-electron chi connectivity index (χ3n) is 0.858. The van der Waals surface area contributed by atoms with Crippen LogP contribution in [-0.4, -0.2) is 21.9 Å². The van der Waals surface area contributed by atoms with Crippen molar-refractivity contribution in [3.63, 3.8) is 0 Å². The van der Waals surface area contributed by atoms with Crippen LogP contribution in [0.1, 0.15) is 6.92 Å². The van der Waals surface area contributed by atoms with Gasteiger partial charge in [0.05, 0.1) is 5.94 Å². The standard InChI is InChI=1S/C5H7ClN2OS2/c1-2-9-3-10-5-7-4(6)11-8-5/h2-3H2,1H3. The summed E-state index contributed by atoms with van der Waals surface area (Å²) in [4.78, 5) is 3.94. The average Bonchev–Trinajstić information content (AvgIpc) is 2.37. The number of rotatable bonds is 4. The Morgan fingerprint density at radius 2 is 2.55 bits per heavy atom. The fourth-order valence-electron chi connectivity index (χ4n) is 0.429. The van der Waals surface area contributed by atoms with E-state index in [-0.39, 0.29) is 0 Å². The van der Waals surface area contributed by atoms with Crippen LogP contribution in [0.3, 0.4) is 0 Å². The third-order valence-corrected chi connectivity index (χ3v) is 2.50. The third kappa shape index (κ3) is 3.37. The maximum Gasteiger partial charge on any atom is 0.204 e. The molecule has 0 aliphatic carbocycles. The second kappa shape index (κ2) is 4.92. The molecular formula is C5H7ClN2OS2. The molecule has 3 nitrogen and oxygen atoms in total. The summed E-state index contributed by atoms with van der Waals surface area (Å²) in [6, 6.07) is 0. The second-order valence-corrected chi connectivity index (χ2v) is 3.81. The van der Waals surface area contributed by atoms with E-state index < -0.39 is 0 Å². The molecule has 11 heavy (non-hydrogen) atoms. The minimum Gasteiger partial charge on any atom is -0.371 e. The van der Waals surface area contributed by atoms with Gasteiger partial charge in [-0.3, -0.25) is 0 Å². The quantitative estimate of drug-likeness (QED) is 0.434. The number of hydrogen-bond acceptors (Lipinski definition) is 5. The molecular weight excluding hydrogens is 204 g/mol. The number of ether oxygens (including phenoxy) is 1. The highest BCUT2D eigenvalue weighted by molar-refractivity contribution is 7.99. The van der Waals surface area contributed by atoms with Crippen LogP contribution in [0.5, 0.6) is 0 Å². The molecule has 0 unspecified atom stereocenters. The first-order valence-electron chi connectivity index (χ1n) is 3.02. The van der Waals surface area contributed by atoms with Crippen LogP contribution in [0.2, 0.25) is 4.47 Å². The SMILES string of the molecule is CCOCSc1nsc(Cl)n1. The molecule has 0 fully saturated rings. The van der Waals surface area contributed by atoms with Crippen LogP contribution in [0.25, 0.3) is 0 Å². The van der Waals surface area contributed by atoms with E-state index in [1.165, 1.54) is 23.3 Å². The molecule has 0 radical (unpaired) electrons. The Hall–Kier alpha value is 0.160. The Balaban J connectivity index is 2.27. The van der Waals surface area contributed by atoms with Crippen LogP contribution in [-0.2, 0) is 4.74 Å². The molecule has 0 saturated heterocycles. The highest BCUT2D eigenvalue weighted by atomic mass is 35.5. The molecule has 6 heteroatoms. The molecule has 0 bridgehead atoms. The largest absolute Gasteiger partial charge is 0.371 e. The summed E-state index contributed by atoms with van der Waals surface area (Å²) in [7, 11) is 0. The van der Waals surface area contributed by atoms with Gasteiger partial charge in [0.25, 0.3) is 0 Å². The summed E-state index contributed by atoms with van der Waals surface area (Å²) in [6.45, 7) is 2.66. The van der Waals surface area contributed by atoms with Crippen molar-refractivity contribution in [1.82, 2.24) is 9.36 Å². The summed E-state index contributed by atoms with van der Waals surface area (Å²) in [6.07, 6.45) is 0.